The third-order valence-electron chi connectivity index (χ3n) is 4.60. The first kappa shape index (κ1) is 16.8. The van der Waals surface area contributed by atoms with Gasteiger partial charge in [0.15, 0.2) is 11.5 Å². The summed E-state index contributed by atoms with van der Waals surface area (Å²) in [6.45, 7) is 2.61. The van der Waals surface area contributed by atoms with Gasteiger partial charge in [-0.25, -0.2) is 4.79 Å². The molecule has 1 aliphatic heterocycles. The predicted molar refractivity (Wildman–Crippen MR) is 90.9 cm³/mol. The average Bonchev–Trinajstić information content (AvgIpc) is 2.61. The molecule has 1 aromatic carbocycles. The van der Waals surface area contributed by atoms with Crippen molar-refractivity contribution in [2.75, 3.05) is 34.4 Å². The standard InChI is InChI=1S/C18H23NO5/c1-21-13-4-6-19(7-5-13)11-12-8-18(20)24-15-10-17(23-3)16(22-2)9-14(12)15/h8-10,13H,4-7,11H2,1-3H3. The lowest BCUT2D eigenvalue weighted by molar-refractivity contribution is 0.0389. The van der Waals surface area contributed by atoms with E-state index in [-0.39, 0.29) is 5.63 Å². The van der Waals surface area contributed by atoms with Gasteiger partial charge >= 0.3 is 5.63 Å². The Labute approximate surface area is 140 Å². The molecule has 6 nitrogen and oxygen atoms in total. The van der Waals surface area contributed by atoms with Gasteiger partial charge in [-0.1, -0.05) is 0 Å². The normalized spacial score (nSPS) is 16.5. The highest BCUT2D eigenvalue weighted by Gasteiger charge is 2.20. The molecule has 2 heterocycles. The number of benzene rings is 1. The predicted octanol–water partition coefficient (Wildman–Crippen LogP) is 2.42. The van der Waals surface area contributed by atoms with Gasteiger partial charge in [0.25, 0.3) is 0 Å². The minimum absolute atomic E-state index is 0.336. The lowest BCUT2D eigenvalue weighted by atomic mass is 10.0. The SMILES string of the molecule is COc1cc2oc(=O)cc(CN3CCC(OC)CC3)c2cc1OC. The monoisotopic (exact) mass is 333 g/mol. The molecular weight excluding hydrogens is 310 g/mol. The van der Waals surface area contributed by atoms with E-state index < -0.39 is 0 Å². The van der Waals surface area contributed by atoms with Crippen LogP contribution in [0.2, 0.25) is 0 Å². The van der Waals surface area contributed by atoms with Gasteiger partial charge in [-0.05, 0) is 24.5 Å². The Hall–Kier alpha value is -2.05. The number of nitrogens with zero attached hydrogens (tertiary/aromatic N) is 1. The minimum atomic E-state index is -0.350. The number of likely N-dealkylation sites (tertiary alicyclic amines) is 1. The fourth-order valence-corrected chi connectivity index (χ4v) is 3.23. The average molecular weight is 333 g/mol. The topological polar surface area (TPSA) is 61.1 Å². The van der Waals surface area contributed by atoms with Crippen molar-refractivity contribution in [1.29, 1.82) is 0 Å². The lowest BCUT2D eigenvalue weighted by Gasteiger charge is -2.31. The number of methoxy groups -OCH3 is 3. The first-order valence-electron chi connectivity index (χ1n) is 8.08. The molecule has 0 spiro atoms. The number of hydrogen-bond donors (Lipinski definition) is 0. The largest absolute Gasteiger partial charge is 0.493 e. The Morgan fingerprint density at radius 2 is 1.75 bits per heavy atom. The molecule has 0 saturated carbocycles. The van der Waals surface area contributed by atoms with Crippen LogP contribution in [0.1, 0.15) is 18.4 Å². The summed E-state index contributed by atoms with van der Waals surface area (Å²) in [4.78, 5) is 14.3. The van der Waals surface area contributed by atoms with Crippen molar-refractivity contribution >= 4 is 11.0 Å². The molecule has 1 fully saturated rings. The zero-order valence-corrected chi connectivity index (χ0v) is 14.3. The van der Waals surface area contributed by atoms with E-state index in [1.807, 2.05) is 6.07 Å². The number of hydrogen-bond acceptors (Lipinski definition) is 6. The van der Waals surface area contributed by atoms with E-state index in [9.17, 15) is 4.79 Å². The van der Waals surface area contributed by atoms with E-state index in [1.165, 1.54) is 0 Å². The Balaban J connectivity index is 1.93. The minimum Gasteiger partial charge on any atom is -0.493 e. The van der Waals surface area contributed by atoms with Crippen molar-refractivity contribution in [2.45, 2.75) is 25.5 Å². The van der Waals surface area contributed by atoms with Gasteiger partial charge in [-0.2, -0.15) is 0 Å². The molecule has 130 valence electrons. The third kappa shape index (κ3) is 3.39. The number of piperidine rings is 1. The Kier molecular flexibility index (Phi) is 5.06. The molecule has 1 aromatic heterocycles. The molecule has 0 bridgehead atoms. The van der Waals surface area contributed by atoms with E-state index >= 15 is 0 Å². The van der Waals surface area contributed by atoms with Crippen LogP contribution < -0.4 is 15.1 Å². The van der Waals surface area contributed by atoms with Crippen LogP contribution in [0.25, 0.3) is 11.0 Å². The molecule has 0 radical (unpaired) electrons. The van der Waals surface area contributed by atoms with Gasteiger partial charge in [0.1, 0.15) is 5.58 Å². The van der Waals surface area contributed by atoms with Crippen LogP contribution in [-0.2, 0) is 11.3 Å². The first-order chi connectivity index (χ1) is 11.6. The number of ether oxygens (including phenoxy) is 3. The summed E-state index contributed by atoms with van der Waals surface area (Å²) in [5.41, 5.74) is 1.11. The Morgan fingerprint density at radius 1 is 1.08 bits per heavy atom. The van der Waals surface area contributed by atoms with Crippen molar-refractivity contribution in [1.82, 2.24) is 4.90 Å². The highest BCUT2D eigenvalue weighted by molar-refractivity contribution is 5.84. The van der Waals surface area contributed by atoms with Gasteiger partial charge in [0.05, 0.1) is 20.3 Å². The summed E-state index contributed by atoms with van der Waals surface area (Å²) in [5, 5.41) is 0.876. The van der Waals surface area contributed by atoms with Gasteiger partial charge < -0.3 is 18.6 Å². The van der Waals surface area contributed by atoms with Crippen molar-refractivity contribution in [3.8, 4) is 11.5 Å². The smallest absolute Gasteiger partial charge is 0.336 e. The molecule has 0 aliphatic carbocycles. The summed E-state index contributed by atoms with van der Waals surface area (Å²) < 4.78 is 21.4. The van der Waals surface area contributed by atoms with Gasteiger partial charge in [0.2, 0.25) is 0 Å². The lowest BCUT2D eigenvalue weighted by Crippen LogP contribution is -2.36. The van der Waals surface area contributed by atoms with E-state index in [4.69, 9.17) is 18.6 Å². The van der Waals surface area contributed by atoms with Crippen LogP contribution in [0.5, 0.6) is 11.5 Å². The van der Waals surface area contributed by atoms with Crippen LogP contribution in [0.3, 0.4) is 0 Å². The maximum Gasteiger partial charge on any atom is 0.336 e. The second-order valence-corrected chi connectivity index (χ2v) is 6.01. The van der Waals surface area contributed by atoms with E-state index in [2.05, 4.69) is 4.90 Å². The van der Waals surface area contributed by atoms with E-state index in [0.29, 0.717) is 29.7 Å². The van der Waals surface area contributed by atoms with Crippen LogP contribution in [-0.4, -0.2) is 45.4 Å². The summed E-state index contributed by atoms with van der Waals surface area (Å²) in [6, 6.07) is 5.14. The van der Waals surface area contributed by atoms with E-state index in [0.717, 1.165) is 36.9 Å². The zero-order valence-electron chi connectivity index (χ0n) is 14.3. The molecule has 6 heteroatoms. The molecule has 0 amide bonds. The molecule has 0 atom stereocenters. The highest BCUT2D eigenvalue weighted by atomic mass is 16.5. The van der Waals surface area contributed by atoms with Crippen molar-refractivity contribution in [3.63, 3.8) is 0 Å². The van der Waals surface area contributed by atoms with Crippen LogP contribution >= 0.6 is 0 Å². The summed E-state index contributed by atoms with van der Waals surface area (Å²) in [5.74, 6) is 1.17. The molecule has 1 aliphatic rings. The van der Waals surface area contributed by atoms with Gasteiger partial charge in [-0.15, -0.1) is 0 Å². The fourth-order valence-electron chi connectivity index (χ4n) is 3.23. The second-order valence-electron chi connectivity index (χ2n) is 6.01. The first-order valence-corrected chi connectivity index (χ1v) is 8.08. The molecule has 2 aromatic rings. The van der Waals surface area contributed by atoms with Crippen LogP contribution in [0, 0.1) is 0 Å². The fraction of sp³-hybridized carbons (Fsp3) is 0.500. The molecule has 1 saturated heterocycles. The molecule has 3 rings (SSSR count). The van der Waals surface area contributed by atoms with Crippen molar-refractivity contribution in [2.24, 2.45) is 0 Å². The van der Waals surface area contributed by atoms with Crippen LogP contribution in [0.4, 0.5) is 0 Å². The number of fused-ring (bicyclic) bond motifs is 1. The molecule has 0 unspecified atom stereocenters. The molecule has 24 heavy (non-hydrogen) atoms. The zero-order chi connectivity index (χ0) is 17.1. The maximum absolute atomic E-state index is 11.9. The Morgan fingerprint density at radius 3 is 2.38 bits per heavy atom. The maximum atomic E-state index is 11.9. The summed E-state index contributed by atoms with van der Waals surface area (Å²) in [6.07, 6.45) is 2.35. The second kappa shape index (κ2) is 7.23. The number of rotatable bonds is 5. The third-order valence-corrected chi connectivity index (χ3v) is 4.60. The van der Waals surface area contributed by atoms with E-state index in [1.54, 1.807) is 33.5 Å². The van der Waals surface area contributed by atoms with Gasteiger partial charge in [0, 0.05) is 44.3 Å². The molecular formula is C18H23NO5. The van der Waals surface area contributed by atoms with Crippen LogP contribution in [0.15, 0.2) is 27.4 Å². The Bertz CT molecular complexity index is 762. The van der Waals surface area contributed by atoms with Gasteiger partial charge in [-0.3, -0.25) is 4.90 Å². The van der Waals surface area contributed by atoms with Crippen molar-refractivity contribution in [3.05, 3.63) is 34.2 Å². The summed E-state index contributed by atoms with van der Waals surface area (Å²) >= 11 is 0. The quantitative estimate of drug-likeness (QED) is 0.783. The summed E-state index contributed by atoms with van der Waals surface area (Å²) in [7, 11) is 4.92. The van der Waals surface area contributed by atoms with Crippen molar-refractivity contribution < 1.29 is 18.6 Å². The highest BCUT2D eigenvalue weighted by Crippen LogP contribution is 2.33. The molecule has 0 N–H and O–H groups in total.